The maximum atomic E-state index is 13.3. The number of nitrogens with one attached hydrogen (secondary N) is 3. The predicted octanol–water partition coefficient (Wildman–Crippen LogP) is 4.53. The van der Waals surface area contributed by atoms with Crippen molar-refractivity contribution in [3.63, 3.8) is 0 Å². The van der Waals surface area contributed by atoms with Crippen LogP contribution in [0.25, 0.3) is 11.2 Å². The van der Waals surface area contributed by atoms with Crippen LogP contribution >= 0.6 is 0 Å². The fourth-order valence-electron chi connectivity index (χ4n) is 4.33. The Kier molecular flexibility index (Phi) is 6.34. The number of fused-ring (bicyclic) bond motifs is 1. The van der Waals surface area contributed by atoms with Gasteiger partial charge in [-0.15, -0.1) is 0 Å². The Labute approximate surface area is 208 Å². The number of benzene rings is 1. The van der Waals surface area contributed by atoms with Gasteiger partial charge in [-0.1, -0.05) is 6.07 Å². The average molecular weight is 542 g/mol. The zero-order valence-electron chi connectivity index (χ0n) is 19.5. The summed E-state index contributed by atoms with van der Waals surface area (Å²) in [5, 5.41) is 5.18. The molecule has 0 bridgehead atoms. The number of alkyl halides is 4. The van der Waals surface area contributed by atoms with E-state index in [9.17, 15) is 30.8 Å². The quantitative estimate of drug-likeness (QED) is 0.375. The second-order valence-corrected chi connectivity index (χ2v) is 11.2. The molecule has 1 saturated carbocycles. The number of aromatic nitrogens is 3. The fraction of sp³-hybridized carbons (Fsp3) is 0.435. The van der Waals surface area contributed by atoms with Crippen molar-refractivity contribution in [2.45, 2.75) is 42.4 Å². The molecule has 1 aliphatic carbocycles. The molecule has 3 heterocycles. The van der Waals surface area contributed by atoms with Gasteiger partial charge < -0.3 is 20.4 Å². The van der Waals surface area contributed by atoms with Gasteiger partial charge in [0.1, 0.15) is 17.3 Å². The van der Waals surface area contributed by atoms with Crippen LogP contribution in [0, 0.1) is 5.92 Å². The van der Waals surface area contributed by atoms with Gasteiger partial charge in [-0.05, 0) is 30.5 Å². The van der Waals surface area contributed by atoms with Crippen LogP contribution in [0.5, 0.6) is 0 Å². The highest BCUT2D eigenvalue weighted by atomic mass is 32.2. The molecular formula is C23H23F4N5O4S. The number of H-pyrrole nitrogens is 1. The molecule has 3 N–H and O–H groups in total. The van der Waals surface area contributed by atoms with Crippen LogP contribution in [0.2, 0.25) is 0 Å². The van der Waals surface area contributed by atoms with Gasteiger partial charge in [-0.3, -0.25) is 4.79 Å². The molecule has 2 atom stereocenters. The summed E-state index contributed by atoms with van der Waals surface area (Å²) >= 11 is 0. The van der Waals surface area contributed by atoms with Crippen LogP contribution in [0.15, 0.2) is 29.2 Å². The van der Waals surface area contributed by atoms with Gasteiger partial charge in [0.2, 0.25) is 5.91 Å². The van der Waals surface area contributed by atoms with E-state index in [0.717, 1.165) is 24.7 Å². The van der Waals surface area contributed by atoms with Crippen LogP contribution in [-0.2, 0) is 19.4 Å². The third-order valence-corrected chi connectivity index (χ3v) is 7.51. The van der Waals surface area contributed by atoms with Crippen molar-refractivity contribution in [1.29, 1.82) is 0 Å². The summed E-state index contributed by atoms with van der Waals surface area (Å²) in [6.45, 7) is 1.11. The van der Waals surface area contributed by atoms with Crippen molar-refractivity contribution >= 4 is 44.1 Å². The van der Waals surface area contributed by atoms with Crippen molar-refractivity contribution in [1.82, 2.24) is 15.0 Å². The summed E-state index contributed by atoms with van der Waals surface area (Å²) in [5.74, 6) is -6.44. The van der Waals surface area contributed by atoms with Crippen LogP contribution in [0.1, 0.15) is 43.0 Å². The van der Waals surface area contributed by atoms with Gasteiger partial charge in [-0.2, -0.15) is 0 Å². The van der Waals surface area contributed by atoms with Crippen molar-refractivity contribution in [2.24, 2.45) is 5.92 Å². The third kappa shape index (κ3) is 5.25. The number of rotatable bonds is 7. The first-order chi connectivity index (χ1) is 17.4. The number of carbonyl (C=O) groups excluding carboxylic acids is 1. The van der Waals surface area contributed by atoms with Gasteiger partial charge >= 0.3 is 0 Å². The SMILES string of the molecule is CS(=O)(=O)c1cc([C@@H]2CCCOC2)ccc1Nc1cc(NC(=O)[C@@H]2CC2(F)F)nc2[nH]c(C(F)F)nc12. The topological polar surface area (TPSA) is 126 Å². The summed E-state index contributed by atoms with van der Waals surface area (Å²) < 4.78 is 84.1. The average Bonchev–Trinajstić information content (AvgIpc) is 3.27. The number of sulfone groups is 1. The smallest absolute Gasteiger partial charge is 0.295 e. The molecule has 1 amide bonds. The Morgan fingerprint density at radius 1 is 1.22 bits per heavy atom. The summed E-state index contributed by atoms with van der Waals surface area (Å²) in [4.78, 5) is 22.4. The lowest BCUT2D eigenvalue weighted by Gasteiger charge is -2.23. The molecule has 2 aromatic heterocycles. The van der Waals surface area contributed by atoms with E-state index in [0.29, 0.717) is 13.2 Å². The molecule has 0 radical (unpaired) electrons. The number of ether oxygens (including phenoxy) is 1. The normalized spacial score (nSPS) is 21.2. The number of pyridine rings is 1. The van der Waals surface area contributed by atoms with E-state index >= 15 is 0 Å². The summed E-state index contributed by atoms with van der Waals surface area (Å²) in [6.07, 6.45) is -0.827. The summed E-state index contributed by atoms with van der Waals surface area (Å²) in [5.41, 5.74) is 0.778. The Morgan fingerprint density at radius 3 is 2.59 bits per heavy atom. The zero-order valence-corrected chi connectivity index (χ0v) is 20.3. The molecule has 9 nitrogen and oxygen atoms in total. The van der Waals surface area contributed by atoms with Crippen molar-refractivity contribution in [2.75, 3.05) is 30.1 Å². The molecule has 2 fully saturated rings. The van der Waals surface area contributed by atoms with Crippen molar-refractivity contribution in [3.8, 4) is 0 Å². The first kappa shape index (κ1) is 25.4. The lowest BCUT2D eigenvalue weighted by molar-refractivity contribution is -0.119. The minimum Gasteiger partial charge on any atom is -0.381 e. The van der Waals surface area contributed by atoms with Crippen LogP contribution < -0.4 is 10.6 Å². The maximum Gasteiger partial charge on any atom is 0.295 e. The van der Waals surface area contributed by atoms with Gasteiger partial charge in [0, 0.05) is 31.3 Å². The maximum absolute atomic E-state index is 13.3. The first-order valence-electron chi connectivity index (χ1n) is 11.5. The summed E-state index contributed by atoms with van der Waals surface area (Å²) in [7, 11) is -3.74. The number of hydrogen-bond acceptors (Lipinski definition) is 7. The van der Waals surface area contributed by atoms with E-state index in [-0.39, 0.29) is 39.2 Å². The van der Waals surface area contributed by atoms with Gasteiger partial charge in [-0.25, -0.2) is 35.9 Å². The molecule has 2 aliphatic rings. The van der Waals surface area contributed by atoms with E-state index in [4.69, 9.17) is 4.74 Å². The van der Waals surface area contributed by atoms with E-state index in [2.05, 4.69) is 25.6 Å². The standard InChI is InChI=1S/C23H23F4N5O4S/c1-37(34,35)16-7-11(12-3-2-6-36-10-12)4-5-14(16)28-15-8-17(30-22(33)13-9-23(13,26)27)29-20-18(15)31-21(32-20)19(24)25/h4-5,7-8,12-13,19H,2-3,6,9-10H2,1H3,(H3,28,29,30,31,32,33)/t12-,13+/m1/s1. The third-order valence-electron chi connectivity index (χ3n) is 6.38. The molecule has 0 unspecified atom stereocenters. The van der Waals surface area contributed by atoms with E-state index in [1.807, 2.05) is 0 Å². The predicted molar refractivity (Wildman–Crippen MR) is 126 cm³/mol. The molecule has 3 aromatic rings. The summed E-state index contributed by atoms with van der Waals surface area (Å²) in [6, 6.07) is 6.08. The second kappa shape index (κ2) is 9.24. The number of nitrogens with zero attached hydrogens (tertiary/aromatic N) is 2. The van der Waals surface area contributed by atoms with Gasteiger partial charge in [0.05, 0.1) is 22.9 Å². The van der Waals surface area contributed by atoms with Crippen LogP contribution in [0.3, 0.4) is 0 Å². The van der Waals surface area contributed by atoms with Gasteiger partial charge in [0.25, 0.3) is 12.3 Å². The largest absolute Gasteiger partial charge is 0.381 e. The fourth-order valence-corrected chi connectivity index (χ4v) is 5.20. The Morgan fingerprint density at radius 2 is 1.97 bits per heavy atom. The number of aromatic amines is 1. The van der Waals surface area contributed by atoms with Crippen LogP contribution in [-0.4, -0.2) is 54.7 Å². The van der Waals surface area contributed by atoms with E-state index < -0.39 is 46.3 Å². The minimum absolute atomic E-state index is 0.0261. The molecule has 1 aliphatic heterocycles. The number of amides is 1. The lowest BCUT2D eigenvalue weighted by Crippen LogP contribution is -2.18. The first-order valence-corrected chi connectivity index (χ1v) is 13.4. The number of halogens is 4. The molecule has 1 saturated heterocycles. The number of imidazole rings is 1. The molecule has 5 rings (SSSR count). The van der Waals surface area contributed by atoms with E-state index in [1.165, 1.54) is 6.07 Å². The van der Waals surface area contributed by atoms with Crippen LogP contribution in [0.4, 0.5) is 34.8 Å². The Bertz CT molecular complexity index is 1470. The van der Waals surface area contributed by atoms with Crippen molar-refractivity contribution < 1.29 is 35.5 Å². The monoisotopic (exact) mass is 541 g/mol. The second-order valence-electron chi connectivity index (χ2n) is 9.25. The highest BCUT2D eigenvalue weighted by Crippen LogP contribution is 2.49. The molecule has 198 valence electrons. The Balaban J connectivity index is 1.54. The minimum atomic E-state index is -3.74. The lowest BCUT2D eigenvalue weighted by atomic mass is 9.93. The van der Waals surface area contributed by atoms with Crippen molar-refractivity contribution in [3.05, 3.63) is 35.7 Å². The van der Waals surface area contributed by atoms with E-state index in [1.54, 1.807) is 18.2 Å². The number of anilines is 3. The van der Waals surface area contributed by atoms with Gasteiger partial charge in [0.15, 0.2) is 21.3 Å². The molecule has 14 heteroatoms. The number of hydrogen-bond donors (Lipinski definition) is 3. The number of carbonyl (C=O) groups is 1. The molecule has 0 spiro atoms. The molecular weight excluding hydrogens is 518 g/mol. The zero-order chi connectivity index (χ0) is 26.5. The highest BCUT2D eigenvalue weighted by molar-refractivity contribution is 7.90. The molecule has 37 heavy (non-hydrogen) atoms. The Hall–Kier alpha value is -3.26. The highest BCUT2D eigenvalue weighted by Gasteiger charge is 2.61. The molecule has 1 aromatic carbocycles.